The molecule has 144 valence electrons. The van der Waals surface area contributed by atoms with Crippen LogP contribution in [0.25, 0.3) is 0 Å². The summed E-state index contributed by atoms with van der Waals surface area (Å²) in [6.45, 7) is 10.5. The standard InChI is InChI=1S/C23H31N3O/c1-16(2)20-9-8-10-21(17(3)4)22(20)25-19-13-18(14-24-15-19)23(27)26-11-6-5-7-12-26/h8-10,13-17,25H,5-7,11-12H2,1-4H3. The lowest BCUT2D eigenvalue weighted by molar-refractivity contribution is 0.0724. The minimum atomic E-state index is 0.0899. The lowest BCUT2D eigenvalue weighted by Crippen LogP contribution is -2.35. The molecule has 1 aliphatic heterocycles. The van der Waals surface area contributed by atoms with Crippen molar-refractivity contribution in [3.05, 3.63) is 53.3 Å². The van der Waals surface area contributed by atoms with Gasteiger partial charge in [0, 0.05) is 25.0 Å². The molecule has 0 unspecified atom stereocenters. The van der Waals surface area contributed by atoms with Crippen molar-refractivity contribution < 1.29 is 4.79 Å². The van der Waals surface area contributed by atoms with E-state index >= 15 is 0 Å². The molecule has 2 aromatic rings. The molecule has 0 aliphatic carbocycles. The smallest absolute Gasteiger partial charge is 0.255 e. The molecule has 1 aromatic heterocycles. The predicted octanol–water partition coefficient (Wildman–Crippen LogP) is 5.70. The minimum absolute atomic E-state index is 0.0899. The molecule has 1 saturated heterocycles. The van der Waals surface area contributed by atoms with E-state index in [1.165, 1.54) is 17.5 Å². The van der Waals surface area contributed by atoms with Gasteiger partial charge >= 0.3 is 0 Å². The number of hydrogen-bond donors (Lipinski definition) is 1. The first-order valence-corrected chi connectivity index (χ1v) is 10.1. The second-order valence-corrected chi connectivity index (χ2v) is 8.06. The van der Waals surface area contributed by atoms with Crippen LogP contribution in [0.5, 0.6) is 0 Å². The maximum atomic E-state index is 12.8. The van der Waals surface area contributed by atoms with Gasteiger partial charge in [0.05, 0.1) is 17.4 Å². The largest absolute Gasteiger partial charge is 0.354 e. The first-order chi connectivity index (χ1) is 13.0. The van der Waals surface area contributed by atoms with Crippen molar-refractivity contribution in [3.63, 3.8) is 0 Å². The summed E-state index contributed by atoms with van der Waals surface area (Å²) < 4.78 is 0. The normalized spacial score (nSPS) is 14.7. The molecule has 1 aliphatic rings. The molecule has 0 bridgehead atoms. The molecule has 0 atom stereocenters. The Hall–Kier alpha value is -2.36. The Bertz CT molecular complexity index is 766. The molecule has 0 radical (unpaired) electrons. The third kappa shape index (κ3) is 4.49. The Morgan fingerprint density at radius 2 is 1.63 bits per heavy atom. The molecule has 1 fully saturated rings. The summed E-state index contributed by atoms with van der Waals surface area (Å²) in [6, 6.07) is 8.42. The van der Waals surface area contributed by atoms with Gasteiger partial charge < -0.3 is 10.2 Å². The van der Waals surface area contributed by atoms with E-state index in [1.807, 2.05) is 11.0 Å². The molecule has 0 spiro atoms. The topological polar surface area (TPSA) is 45.2 Å². The third-order valence-electron chi connectivity index (χ3n) is 5.27. The maximum absolute atomic E-state index is 12.8. The number of pyridine rings is 1. The van der Waals surface area contributed by atoms with Crippen LogP contribution in [0.15, 0.2) is 36.7 Å². The number of nitrogens with zero attached hydrogens (tertiary/aromatic N) is 2. The zero-order valence-electron chi connectivity index (χ0n) is 17.0. The van der Waals surface area contributed by atoms with Gasteiger partial charge in [-0.25, -0.2) is 0 Å². The molecular weight excluding hydrogens is 334 g/mol. The van der Waals surface area contributed by atoms with Crippen molar-refractivity contribution in [2.45, 2.75) is 58.8 Å². The van der Waals surface area contributed by atoms with Gasteiger partial charge in [0.1, 0.15) is 0 Å². The summed E-state index contributed by atoms with van der Waals surface area (Å²) in [5, 5.41) is 3.57. The van der Waals surface area contributed by atoms with E-state index in [0.29, 0.717) is 17.4 Å². The fraction of sp³-hybridized carbons (Fsp3) is 0.478. The van der Waals surface area contributed by atoms with Crippen LogP contribution in [0.2, 0.25) is 0 Å². The minimum Gasteiger partial charge on any atom is -0.354 e. The Morgan fingerprint density at radius 1 is 1.00 bits per heavy atom. The summed E-state index contributed by atoms with van der Waals surface area (Å²) in [5.41, 5.74) is 5.25. The predicted molar refractivity (Wildman–Crippen MR) is 112 cm³/mol. The van der Waals surface area contributed by atoms with E-state index in [9.17, 15) is 4.79 Å². The van der Waals surface area contributed by atoms with Gasteiger partial charge in [-0.1, -0.05) is 45.9 Å². The van der Waals surface area contributed by atoms with Crippen LogP contribution in [-0.2, 0) is 0 Å². The molecular formula is C23H31N3O. The number of aromatic nitrogens is 1. The molecule has 4 nitrogen and oxygen atoms in total. The zero-order chi connectivity index (χ0) is 19.4. The van der Waals surface area contributed by atoms with Crippen LogP contribution < -0.4 is 5.32 Å². The lowest BCUT2D eigenvalue weighted by Gasteiger charge is -2.27. The highest BCUT2D eigenvalue weighted by Crippen LogP contribution is 2.34. The number of rotatable bonds is 5. The van der Waals surface area contributed by atoms with Crippen molar-refractivity contribution in [1.29, 1.82) is 0 Å². The lowest BCUT2D eigenvalue weighted by atomic mass is 9.92. The fourth-order valence-corrected chi connectivity index (χ4v) is 3.74. The summed E-state index contributed by atoms with van der Waals surface area (Å²) in [6.07, 6.45) is 6.88. The average Bonchev–Trinajstić information content (AvgIpc) is 2.68. The summed E-state index contributed by atoms with van der Waals surface area (Å²) in [5.74, 6) is 0.918. The number of likely N-dealkylation sites (tertiary alicyclic amines) is 1. The number of benzene rings is 1. The van der Waals surface area contributed by atoms with Crippen molar-refractivity contribution in [2.75, 3.05) is 18.4 Å². The van der Waals surface area contributed by atoms with Gasteiger partial charge in [0.2, 0.25) is 0 Å². The monoisotopic (exact) mass is 365 g/mol. The Morgan fingerprint density at radius 3 is 2.22 bits per heavy atom. The van der Waals surface area contributed by atoms with Crippen molar-refractivity contribution in [1.82, 2.24) is 9.88 Å². The van der Waals surface area contributed by atoms with Crippen LogP contribution in [0.3, 0.4) is 0 Å². The van der Waals surface area contributed by atoms with Gasteiger partial charge in [0.25, 0.3) is 5.91 Å². The van der Waals surface area contributed by atoms with Crippen LogP contribution >= 0.6 is 0 Å². The summed E-state index contributed by atoms with van der Waals surface area (Å²) in [4.78, 5) is 19.1. The molecule has 1 N–H and O–H groups in total. The number of carbonyl (C=O) groups excluding carboxylic acids is 1. The number of anilines is 2. The molecule has 27 heavy (non-hydrogen) atoms. The van der Waals surface area contributed by atoms with Gasteiger partial charge in [0.15, 0.2) is 0 Å². The number of nitrogens with one attached hydrogen (secondary N) is 1. The number of carbonyl (C=O) groups is 1. The second kappa shape index (κ2) is 8.55. The molecule has 1 amide bonds. The second-order valence-electron chi connectivity index (χ2n) is 8.06. The van der Waals surface area contributed by atoms with Crippen LogP contribution in [0, 0.1) is 0 Å². The van der Waals surface area contributed by atoms with Crippen LogP contribution in [0.1, 0.15) is 80.3 Å². The Labute approximate surface area is 163 Å². The average molecular weight is 366 g/mol. The number of amides is 1. The number of para-hydroxylation sites is 1. The van der Waals surface area contributed by atoms with E-state index in [2.05, 4.69) is 56.2 Å². The van der Waals surface area contributed by atoms with Crippen LogP contribution in [-0.4, -0.2) is 28.9 Å². The highest BCUT2D eigenvalue weighted by Gasteiger charge is 2.19. The quantitative estimate of drug-likeness (QED) is 0.739. The van der Waals surface area contributed by atoms with E-state index in [4.69, 9.17) is 0 Å². The Balaban J connectivity index is 1.89. The summed E-state index contributed by atoms with van der Waals surface area (Å²) >= 11 is 0. The van der Waals surface area contributed by atoms with Crippen molar-refractivity contribution >= 4 is 17.3 Å². The third-order valence-corrected chi connectivity index (χ3v) is 5.27. The van der Waals surface area contributed by atoms with E-state index < -0.39 is 0 Å². The SMILES string of the molecule is CC(C)c1cccc(C(C)C)c1Nc1cncc(C(=O)N2CCCCC2)c1. The molecule has 3 rings (SSSR count). The highest BCUT2D eigenvalue weighted by molar-refractivity contribution is 5.95. The van der Waals surface area contributed by atoms with Gasteiger partial charge in [-0.05, 0) is 48.3 Å². The Kier molecular flexibility index (Phi) is 6.15. The van der Waals surface area contributed by atoms with Gasteiger partial charge in [-0.15, -0.1) is 0 Å². The van der Waals surface area contributed by atoms with Crippen LogP contribution in [0.4, 0.5) is 11.4 Å². The number of hydrogen-bond acceptors (Lipinski definition) is 3. The number of piperidine rings is 1. The van der Waals surface area contributed by atoms with E-state index in [-0.39, 0.29) is 5.91 Å². The maximum Gasteiger partial charge on any atom is 0.255 e. The molecule has 0 saturated carbocycles. The highest BCUT2D eigenvalue weighted by atomic mass is 16.2. The molecule has 2 heterocycles. The zero-order valence-corrected chi connectivity index (χ0v) is 17.0. The molecule has 1 aromatic carbocycles. The molecule has 4 heteroatoms. The fourth-order valence-electron chi connectivity index (χ4n) is 3.74. The van der Waals surface area contributed by atoms with Crippen molar-refractivity contribution in [2.24, 2.45) is 0 Å². The first kappa shape index (κ1) is 19.4. The van der Waals surface area contributed by atoms with E-state index in [0.717, 1.165) is 37.3 Å². The first-order valence-electron chi connectivity index (χ1n) is 10.1. The summed E-state index contributed by atoms with van der Waals surface area (Å²) in [7, 11) is 0. The van der Waals surface area contributed by atoms with E-state index in [1.54, 1.807) is 12.4 Å². The van der Waals surface area contributed by atoms with Gasteiger partial charge in [-0.2, -0.15) is 0 Å². The van der Waals surface area contributed by atoms with Gasteiger partial charge in [-0.3, -0.25) is 9.78 Å². The van der Waals surface area contributed by atoms with Crippen molar-refractivity contribution in [3.8, 4) is 0 Å².